The summed E-state index contributed by atoms with van der Waals surface area (Å²) in [5, 5.41) is 0. The topological polar surface area (TPSA) is 34.1 Å². The zero-order valence-corrected chi connectivity index (χ0v) is 11.0. The van der Waals surface area contributed by atoms with Gasteiger partial charge in [0, 0.05) is 11.1 Å². The van der Waals surface area contributed by atoms with E-state index in [1.807, 2.05) is 36.4 Å². The maximum absolute atomic E-state index is 12.2. The molecule has 0 saturated carbocycles. The Morgan fingerprint density at radius 1 is 0.667 bits per heavy atom. The number of benzene rings is 2. The highest BCUT2D eigenvalue weighted by molar-refractivity contribution is 9.10. The molecule has 0 amide bonds. The molecule has 3 heteroatoms. The van der Waals surface area contributed by atoms with Crippen LogP contribution in [-0.4, -0.2) is 16.4 Å². The Kier molecular flexibility index (Phi) is 2.63. The van der Waals surface area contributed by atoms with E-state index < -0.39 is 4.83 Å². The molecule has 88 valence electrons. The summed E-state index contributed by atoms with van der Waals surface area (Å²) in [7, 11) is 0. The molecule has 0 heterocycles. The molecule has 0 bridgehead atoms. The number of fused-ring (bicyclic) bond motifs is 3. The van der Waals surface area contributed by atoms with Crippen molar-refractivity contribution in [3.05, 3.63) is 59.7 Å². The van der Waals surface area contributed by atoms with Gasteiger partial charge >= 0.3 is 0 Å². The molecule has 3 rings (SSSR count). The van der Waals surface area contributed by atoms with Gasteiger partial charge in [-0.3, -0.25) is 9.59 Å². The highest BCUT2D eigenvalue weighted by Crippen LogP contribution is 2.33. The number of halogens is 1. The predicted molar refractivity (Wildman–Crippen MR) is 73.3 cm³/mol. The Morgan fingerprint density at radius 3 is 1.39 bits per heavy atom. The van der Waals surface area contributed by atoms with Gasteiger partial charge in [0.1, 0.15) is 4.83 Å². The smallest absolute Gasteiger partial charge is 0.184 e. The number of alkyl halides is 1. The number of hydrogen-bond acceptors (Lipinski definition) is 2. The highest BCUT2D eigenvalue weighted by Gasteiger charge is 2.32. The number of carbonyl (C=O) groups excluding carboxylic acids is 2. The zero-order chi connectivity index (χ0) is 12.7. The minimum atomic E-state index is -0.790. The number of rotatable bonds is 0. The molecule has 0 aromatic heterocycles. The van der Waals surface area contributed by atoms with Gasteiger partial charge in [0.2, 0.25) is 0 Å². The minimum Gasteiger partial charge on any atom is -0.292 e. The second kappa shape index (κ2) is 4.18. The van der Waals surface area contributed by atoms with Crippen LogP contribution in [0.3, 0.4) is 0 Å². The lowest BCUT2D eigenvalue weighted by Gasteiger charge is -2.06. The predicted octanol–water partition coefficient (Wildman–Crippen LogP) is 3.50. The van der Waals surface area contributed by atoms with Crippen LogP contribution in [0.1, 0.15) is 20.7 Å². The summed E-state index contributed by atoms with van der Waals surface area (Å²) in [6.07, 6.45) is 0. The van der Waals surface area contributed by atoms with E-state index in [4.69, 9.17) is 0 Å². The van der Waals surface area contributed by atoms with Crippen LogP contribution < -0.4 is 0 Å². The number of ketones is 2. The van der Waals surface area contributed by atoms with Crippen LogP contribution in [0.4, 0.5) is 0 Å². The maximum Gasteiger partial charge on any atom is 0.184 e. The van der Waals surface area contributed by atoms with Crippen molar-refractivity contribution in [2.24, 2.45) is 0 Å². The molecule has 0 saturated heterocycles. The summed E-state index contributed by atoms with van der Waals surface area (Å²) in [6, 6.07) is 14.7. The molecule has 0 N–H and O–H groups in total. The van der Waals surface area contributed by atoms with Crippen molar-refractivity contribution in [1.82, 2.24) is 0 Å². The van der Waals surface area contributed by atoms with Crippen molar-refractivity contribution < 1.29 is 9.59 Å². The van der Waals surface area contributed by atoms with Gasteiger partial charge in [-0.25, -0.2) is 0 Å². The van der Waals surface area contributed by atoms with Crippen LogP contribution in [-0.2, 0) is 0 Å². The van der Waals surface area contributed by atoms with Crippen molar-refractivity contribution in [2.75, 3.05) is 0 Å². The SMILES string of the molecule is O=C1c2ccccc2-c2ccccc2C(=O)C1Br. The Labute approximate surface area is 113 Å². The molecule has 0 radical (unpaired) electrons. The third-order valence-electron chi connectivity index (χ3n) is 3.14. The zero-order valence-electron chi connectivity index (χ0n) is 9.39. The van der Waals surface area contributed by atoms with E-state index in [0.717, 1.165) is 11.1 Å². The third kappa shape index (κ3) is 1.55. The van der Waals surface area contributed by atoms with Crippen LogP contribution in [0, 0.1) is 0 Å². The van der Waals surface area contributed by atoms with Gasteiger partial charge in [-0.2, -0.15) is 0 Å². The lowest BCUT2D eigenvalue weighted by Crippen LogP contribution is -2.22. The van der Waals surface area contributed by atoms with Crippen molar-refractivity contribution in [3.63, 3.8) is 0 Å². The fourth-order valence-electron chi connectivity index (χ4n) is 2.26. The Bertz CT molecular complexity index is 604. The van der Waals surface area contributed by atoms with Gasteiger partial charge in [0.05, 0.1) is 0 Å². The van der Waals surface area contributed by atoms with Crippen LogP contribution in [0.15, 0.2) is 48.5 Å². The molecule has 18 heavy (non-hydrogen) atoms. The molecule has 2 aromatic carbocycles. The molecule has 0 atom stereocenters. The molecule has 2 nitrogen and oxygen atoms in total. The number of carbonyl (C=O) groups is 2. The van der Waals surface area contributed by atoms with Gasteiger partial charge in [0.15, 0.2) is 11.6 Å². The molecule has 1 aliphatic carbocycles. The summed E-state index contributed by atoms with van der Waals surface area (Å²) in [5.41, 5.74) is 2.84. The third-order valence-corrected chi connectivity index (χ3v) is 3.97. The van der Waals surface area contributed by atoms with Gasteiger partial charge in [-0.05, 0) is 11.1 Å². The molecule has 0 aliphatic heterocycles. The molecular weight excluding hydrogens is 292 g/mol. The lowest BCUT2D eigenvalue weighted by molar-refractivity contribution is 0.0909. The Hall–Kier alpha value is -1.74. The van der Waals surface area contributed by atoms with E-state index in [1.165, 1.54) is 0 Å². The normalized spacial score (nSPS) is 14.9. The lowest BCUT2D eigenvalue weighted by atomic mass is 9.96. The van der Waals surface area contributed by atoms with Gasteiger partial charge in [-0.1, -0.05) is 64.5 Å². The fourth-order valence-corrected chi connectivity index (χ4v) is 2.75. The van der Waals surface area contributed by atoms with Crippen molar-refractivity contribution in [3.8, 4) is 11.1 Å². The summed E-state index contributed by atoms with van der Waals surface area (Å²) in [4.78, 5) is 23.7. The van der Waals surface area contributed by atoms with Crippen LogP contribution in [0.25, 0.3) is 11.1 Å². The average molecular weight is 301 g/mol. The summed E-state index contributed by atoms with van der Waals surface area (Å²) in [6.45, 7) is 0. The summed E-state index contributed by atoms with van der Waals surface area (Å²) in [5.74, 6) is -0.349. The van der Waals surface area contributed by atoms with Gasteiger partial charge in [0.25, 0.3) is 0 Å². The summed E-state index contributed by atoms with van der Waals surface area (Å²) >= 11 is 3.21. The van der Waals surface area contributed by atoms with Crippen LogP contribution in [0.2, 0.25) is 0 Å². The Balaban J connectivity index is 2.40. The monoisotopic (exact) mass is 300 g/mol. The van der Waals surface area contributed by atoms with E-state index in [0.29, 0.717) is 11.1 Å². The van der Waals surface area contributed by atoms with Gasteiger partial charge < -0.3 is 0 Å². The Morgan fingerprint density at radius 2 is 1.00 bits per heavy atom. The first kappa shape index (κ1) is 11.4. The maximum atomic E-state index is 12.2. The second-order valence-corrected chi connectivity index (χ2v) is 5.10. The van der Waals surface area contributed by atoms with E-state index >= 15 is 0 Å². The van der Waals surface area contributed by atoms with Crippen molar-refractivity contribution in [2.45, 2.75) is 4.83 Å². The first-order valence-corrected chi connectivity index (χ1v) is 6.52. The quantitative estimate of drug-likeness (QED) is 0.551. The molecule has 1 aliphatic rings. The van der Waals surface area contributed by atoms with E-state index in [9.17, 15) is 9.59 Å². The van der Waals surface area contributed by atoms with E-state index in [-0.39, 0.29) is 11.6 Å². The van der Waals surface area contributed by atoms with Crippen molar-refractivity contribution in [1.29, 1.82) is 0 Å². The first-order chi connectivity index (χ1) is 8.70. The number of hydrogen-bond donors (Lipinski definition) is 0. The fraction of sp³-hybridized carbons (Fsp3) is 0.0667. The van der Waals surface area contributed by atoms with Crippen molar-refractivity contribution >= 4 is 27.5 Å². The molecule has 0 fully saturated rings. The summed E-state index contributed by atoms with van der Waals surface area (Å²) < 4.78 is 0. The molecule has 2 aromatic rings. The molecule has 0 spiro atoms. The van der Waals surface area contributed by atoms with E-state index in [2.05, 4.69) is 15.9 Å². The first-order valence-electron chi connectivity index (χ1n) is 5.61. The van der Waals surface area contributed by atoms with Gasteiger partial charge in [-0.15, -0.1) is 0 Å². The highest BCUT2D eigenvalue weighted by atomic mass is 79.9. The molecular formula is C15H9BrO2. The second-order valence-electron chi connectivity index (χ2n) is 4.18. The standard InChI is InChI=1S/C15H9BrO2/c16-13-14(17)11-7-3-1-5-9(11)10-6-2-4-8-12(10)15(13)18/h1-8,13H. The van der Waals surface area contributed by atoms with E-state index in [1.54, 1.807) is 12.1 Å². The number of Topliss-reactive ketones (excluding diaryl/α,β-unsaturated/α-hetero) is 2. The average Bonchev–Trinajstić information content (AvgIpc) is 2.51. The van der Waals surface area contributed by atoms with Crippen LogP contribution >= 0.6 is 15.9 Å². The largest absolute Gasteiger partial charge is 0.292 e. The molecule has 0 unspecified atom stereocenters. The minimum absolute atomic E-state index is 0.174. The van der Waals surface area contributed by atoms with Crippen LogP contribution in [0.5, 0.6) is 0 Å².